The average molecular weight is 335 g/mol. The molecular formula is C17H16BrFO. The van der Waals surface area contributed by atoms with E-state index in [9.17, 15) is 9.50 Å². The van der Waals surface area contributed by atoms with E-state index in [1.165, 1.54) is 6.07 Å². The third kappa shape index (κ3) is 2.52. The van der Waals surface area contributed by atoms with Crippen LogP contribution < -0.4 is 0 Å². The van der Waals surface area contributed by atoms with Crippen LogP contribution in [0.1, 0.15) is 24.0 Å². The van der Waals surface area contributed by atoms with Crippen molar-refractivity contribution in [3.8, 4) is 0 Å². The third-order valence-electron chi connectivity index (χ3n) is 4.20. The van der Waals surface area contributed by atoms with E-state index in [0.29, 0.717) is 12.0 Å². The number of halogens is 2. The van der Waals surface area contributed by atoms with Crippen molar-refractivity contribution in [2.45, 2.75) is 30.8 Å². The van der Waals surface area contributed by atoms with Crippen molar-refractivity contribution >= 4 is 15.9 Å². The quantitative estimate of drug-likeness (QED) is 0.887. The predicted molar refractivity (Wildman–Crippen MR) is 81.2 cm³/mol. The summed E-state index contributed by atoms with van der Waals surface area (Å²) in [6.45, 7) is 0. The van der Waals surface area contributed by atoms with Crippen LogP contribution in [0.25, 0.3) is 0 Å². The SMILES string of the molecule is OC(Cc1ccc(Br)cc1F)C1(c2ccccc2)CC1. The molecule has 20 heavy (non-hydrogen) atoms. The van der Waals surface area contributed by atoms with Crippen LogP contribution in [0, 0.1) is 5.82 Å². The van der Waals surface area contributed by atoms with Gasteiger partial charge in [-0.25, -0.2) is 4.39 Å². The zero-order valence-corrected chi connectivity index (χ0v) is 12.6. The van der Waals surface area contributed by atoms with Gasteiger partial charge in [0.1, 0.15) is 5.82 Å². The van der Waals surface area contributed by atoms with Crippen LogP contribution in [0.5, 0.6) is 0 Å². The summed E-state index contributed by atoms with van der Waals surface area (Å²) in [4.78, 5) is 0. The number of hydrogen-bond donors (Lipinski definition) is 1. The maximum atomic E-state index is 13.9. The molecule has 1 aliphatic carbocycles. The molecule has 0 amide bonds. The predicted octanol–water partition coefficient (Wildman–Crippen LogP) is 4.22. The molecule has 1 aliphatic rings. The van der Waals surface area contributed by atoms with E-state index in [4.69, 9.17) is 0 Å². The molecule has 0 spiro atoms. The zero-order chi connectivity index (χ0) is 14.2. The molecule has 1 saturated carbocycles. The Morgan fingerprint density at radius 3 is 2.45 bits per heavy atom. The van der Waals surface area contributed by atoms with Gasteiger partial charge in [0.25, 0.3) is 0 Å². The molecule has 0 heterocycles. The minimum Gasteiger partial charge on any atom is -0.392 e. The van der Waals surface area contributed by atoms with Crippen molar-refractivity contribution in [2.75, 3.05) is 0 Å². The summed E-state index contributed by atoms with van der Waals surface area (Å²) in [5.74, 6) is -0.262. The molecule has 1 atom stereocenters. The number of benzene rings is 2. The van der Waals surface area contributed by atoms with Gasteiger partial charge in [0.15, 0.2) is 0 Å². The molecular weight excluding hydrogens is 319 g/mol. The van der Waals surface area contributed by atoms with Crippen LogP contribution in [0.2, 0.25) is 0 Å². The molecule has 3 rings (SSSR count). The van der Waals surface area contributed by atoms with Gasteiger partial charge >= 0.3 is 0 Å². The van der Waals surface area contributed by atoms with E-state index in [-0.39, 0.29) is 11.2 Å². The molecule has 3 heteroatoms. The van der Waals surface area contributed by atoms with Crippen LogP contribution in [0.3, 0.4) is 0 Å². The van der Waals surface area contributed by atoms with Gasteiger partial charge in [-0.1, -0.05) is 52.3 Å². The van der Waals surface area contributed by atoms with E-state index in [0.717, 1.165) is 22.9 Å². The van der Waals surface area contributed by atoms with E-state index >= 15 is 0 Å². The Hall–Kier alpha value is -1.19. The Balaban J connectivity index is 1.81. The minimum atomic E-state index is -0.541. The highest BCUT2D eigenvalue weighted by molar-refractivity contribution is 9.10. The van der Waals surface area contributed by atoms with Crippen LogP contribution in [0.15, 0.2) is 53.0 Å². The van der Waals surface area contributed by atoms with Gasteiger partial charge in [0, 0.05) is 16.3 Å². The first-order valence-electron chi connectivity index (χ1n) is 6.79. The third-order valence-corrected chi connectivity index (χ3v) is 4.70. The Bertz CT molecular complexity index is 608. The molecule has 0 saturated heterocycles. The lowest BCUT2D eigenvalue weighted by Crippen LogP contribution is -2.28. The highest BCUT2D eigenvalue weighted by Gasteiger charge is 2.50. The van der Waals surface area contributed by atoms with Crippen molar-refractivity contribution in [3.63, 3.8) is 0 Å². The van der Waals surface area contributed by atoms with Gasteiger partial charge in [0.2, 0.25) is 0 Å². The smallest absolute Gasteiger partial charge is 0.127 e. The van der Waals surface area contributed by atoms with E-state index in [1.54, 1.807) is 6.07 Å². The molecule has 1 N–H and O–H groups in total. The van der Waals surface area contributed by atoms with Gasteiger partial charge in [-0.05, 0) is 36.1 Å². The fourth-order valence-corrected chi connectivity index (χ4v) is 3.14. The standard InChI is InChI=1S/C17H16BrFO/c18-14-7-6-12(15(19)11-14)10-16(20)17(8-9-17)13-4-2-1-3-5-13/h1-7,11,16,20H,8-10H2. The van der Waals surface area contributed by atoms with Crippen molar-refractivity contribution < 1.29 is 9.50 Å². The molecule has 0 radical (unpaired) electrons. The monoisotopic (exact) mass is 334 g/mol. The van der Waals surface area contributed by atoms with Crippen LogP contribution >= 0.6 is 15.9 Å². The Morgan fingerprint density at radius 1 is 1.15 bits per heavy atom. The fraction of sp³-hybridized carbons (Fsp3) is 0.294. The maximum absolute atomic E-state index is 13.9. The number of aliphatic hydroxyl groups excluding tert-OH is 1. The topological polar surface area (TPSA) is 20.2 Å². The Labute approximate surface area is 126 Å². The maximum Gasteiger partial charge on any atom is 0.127 e. The minimum absolute atomic E-state index is 0.180. The Morgan fingerprint density at radius 2 is 1.85 bits per heavy atom. The highest BCUT2D eigenvalue weighted by atomic mass is 79.9. The van der Waals surface area contributed by atoms with Crippen LogP contribution in [0.4, 0.5) is 4.39 Å². The summed E-state index contributed by atoms with van der Waals surface area (Å²) in [6.07, 6.45) is 1.75. The molecule has 1 fully saturated rings. The van der Waals surface area contributed by atoms with E-state index < -0.39 is 6.10 Å². The van der Waals surface area contributed by atoms with Crippen LogP contribution in [-0.4, -0.2) is 11.2 Å². The van der Waals surface area contributed by atoms with Gasteiger partial charge in [-0.15, -0.1) is 0 Å². The van der Waals surface area contributed by atoms with E-state index in [2.05, 4.69) is 15.9 Å². The summed E-state index contributed by atoms with van der Waals surface area (Å²) >= 11 is 3.25. The first-order chi connectivity index (χ1) is 9.62. The second-order valence-electron chi connectivity index (χ2n) is 5.48. The lowest BCUT2D eigenvalue weighted by Gasteiger charge is -2.23. The lowest BCUT2D eigenvalue weighted by molar-refractivity contribution is 0.130. The molecule has 0 aliphatic heterocycles. The number of hydrogen-bond acceptors (Lipinski definition) is 1. The summed E-state index contributed by atoms with van der Waals surface area (Å²) in [5, 5.41) is 10.6. The average Bonchev–Trinajstić information content (AvgIpc) is 3.24. The molecule has 1 unspecified atom stereocenters. The number of aliphatic hydroxyl groups is 1. The van der Waals surface area contributed by atoms with Crippen molar-refractivity contribution in [1.29, 1.82) is 0 Å². The normalized spacial score (nSPS) is 17.8. The summed E-state index contributed by atoms with van der Waals surface area (Å²) in [5.41, 5.74) is 1.55. The molecule has 2 aromatic rings. The summed E-state index contributed by atoms with van der Waals surface area (Å²) in [6, 6.07) is 15.1. The van der Waals surface area contributed by atoms with Crippen molar-refractivity contribution in [2.24, 2.45) is 0 Å². The first kappa shape index (κ1) is 13.8. The van der Waals surface area contributed by atoms with Gasteiger partial charge < -0.3 is 5.11 Å². The fourth-order valence-electron chi connectivity index (χ4n) is 2.81. The summed E-state index contributed by atoms with van der Waals surface area (Å²) in [7, 11) is 0. The second-order valence-corrected chi connectivity index (χ2v) is 6.39. The molecule has 1 nitrogen and oxygen atoms in total. The second kappa shape index (κ2) is 5.30. The lowest BCUT2D eigenvalue weighted by atomic mass is 9.86. The van der Waals surface area contributed by atoms with E-state index in [1.807, 2.05) is 36.4 Å². The molecule has 2 aromatic carbocycles. The molecule has 0 aromatic heterocycles. The molecule has 0 bridgehead atoms. The van der Waals surface area contributed by atoms with Gasteiger partial charge in [-0.2, -0.15) is 0 Å². The largest absolute Gasteiger partial charge is 0.392 e. The zero-order valence-electron chi connectivity index (χ0n) is 11.0. The van der Waals surface area contributed by atoms with Gasteiger partial charge in [0.05, 0.1) is 6.10 Å². The summed E-state index contributed by atoms with van der Waals surface area (Å²) < 4.78 is 14.6. The molecule has 104 valence electrons. The van der Waals surface area contributed by atoms with Crippen molar-refractivity contribution in [1.82, 2.24) is 0 Å². The highest BCUT2D eigenvalue weighted by Crippen LogP contribution is 2.51. The van der Waals surface area contributed by atoms with Gasteiger partial charge in [-0.3, -0.25) is 0 Å². The van der Waals surface area contributed by atoms with Crippen LogP contribution in [-0.2, 0) is 11.8 Å². The number of rotatable bonds is 4. The van der Waals surface area contributed by atoms with Crippen molar-refractivity contribution in [3.05, 3.63) is 69.9 Å². The Kier molecular flexibility index (Phi) is 3.65. The first-order valence-corrected chi connectivity index (χ1v) is 7.59.